The van der Waals surface area contributed by atoms with E-state index < -0.39 is 6.23 Å². The highest BCUT2D eigenvalue weighted by Gasteiger charge is 2.27. The minimum atomic E-state index is -0.574. The highest BCUT2D eigenvalue weighted by molar-refractivity contribution is 5.78. The summed E-state index contributed by atoms with van der Waals surface area (Å²) in [6, 6.07) is 0. The predicted octanol–water partition coefficient (Wildman–Crippen LogP) is 1.12. The van der Waals surface area contributed by atoms with E-state index in [0.29, 0.717) is 25.8 Å². The van der Waals surface area contributed by atoms with E-state index in [9.17, 15) is 9.90 Å². The Bertz CT molecular complexity index is 252. The molecule has 3 heteroatoms. The van der Waals surface area contributed by atoms with Crippen LogP contribution in [0.15, 0.2) is 0 Å². The van der Waals surface area contributed by atoms with Gasteiger partial charge in [-0.05, 0) is 6.42 Å². The molecule has 0 aliphatic carbocycles. The van der Waals surface area contributed by atoms with Crippen molar-refractivity contribution in [3.63, 3.8) is 0 Å². The van der Waals surface area contributed by atoms with Crippen LogP contribution in [0.5, 0.6) is 0 Å². The van der Waals surface area contributed by atoms with E-state index >= 15 is 0 Å². The van der Waals surface area contributed by atoms with Gasteiger partial charge in [0.15, 0.2) is 0 Å². The highest BCUT2D eigenvalue weighted by Crippen LogP contribution is 2.15. The van der Waals surface area contributed by atoms with Crippen molar-refractivity contribution >= 4 is 5.91 Å². The molecule has 0 aromatic heterocycles. The van der Waals surface area contributed by atoms with E-state index in [-0.39, 0.29) is 5.91 Å². The zero-order valence-electron chi connectivity index (χ0n) is 8.62. The second-order valence-corrected chi connectivity index (χ2v) is 3.46. The van der Waals surface area contributed by atoms with Crippen molar-refractivity contribution in [1.82, 2.24) is 4.90 Å². The van der Waals surface area contributed by atoms with Crippen LogP contribution in [0.3, 0.4) is 0 Å². The monoisotopic (exact) mass is 195 g/mol. The number of carbonyl (C=O) groups is 1. The van der Waals surface area contributed by atoms with Crippen LogP contribution >= 0.6 is 0 Å². The average Bonchev–Trinajstić information content (AvgIpc) is 2.48. The number of likely N-dealkylation sites (tertiary alicyclic amines) is 1. The van der Waals surface area contributed by atoms with Crippen LogP contribution in [0.25, 0.3) is 0 Å². The number of hydrogen-bond donors (Lipinski definition) is 1. The lowest BCUT2D eigenvalue weighted by atomic mass is 10.3. The van der Waals surface area contributed by atoms with Crippen LogP contribution in [0.4, 0.5) is 0 Å². The maximum absolute atomic E-state index is 11.2. The van der Waals surface area contributed by atoms with E-state index in [4.69, 9.17) is 0 Å². The molecule has 0 bridgehead atoms. The third-order valence-corrected chi connectivity index (χ3v) is 2.27. The fraction of sp³-hybridized carbons (Fsp3) is 0.727. The van der Waals surface area contributed by atoms with Gasteiger partial charge < -0.3 is 10.0 Å². The Kier molecular flexibility index (Phi) is 4.48. The summed E-state index contributed by atoms with van der Waals surface area (Å²) in [6.07, 6.45) is 3.12. The minimum Gasteiger partial charge on any atom is -0.374 e. The first kappa shape index (κ1) is 11.1. The number of amides is 1. The molecule has 14 heavy (non-hydrogen) atoms. The first-order valence-corrected chi connectivity index (χ1v) is 5.19. The van der Waals surface area contributed by atoms with Gasteiger partial charge in [-0.15, -0.1) is 11.8 Å². The van der Waals surface area contributed by atoms with Crippen molar-refractivity contribution in [2.45, 2.75) is 45.3 Å². The number of aliphatic hydroxyl groups excluding tert-OH is 1. The number of hydrogen-bond acceptors (Lipinski definition) is 2. The molecule has 0 aromatic rings. The van der Waals surface area contributed by atoms with Gasteiger partial charge in [-0.1, -0.05) is 6.92 Å². The molecular formula is C11H17NO2. The maximum Gasteiger partial charge on any atom is 0.224 e. The molecule has 0 radical (unpaired) electrons. The molecule has 1 aliphatic rings. The van der Waals surface area contributed by atoms with Crippen molar-refractivity contribution in [1.29, 1.82) is 0 Å². The SMILES string of the molecule is CCCC#CCCN1C(=O)CCC1O. The lowest BCUT2D eigenvalue weighted by Crippen LogP contribution is -2.33. The third kappa shape index (κ3) is 3.04. The maximum atomic E-state index is 11.2. The normalized spacial score (nSPS) is 20.9. The van der Waals surface area contributed by atoms with Gasteiger partial charge in [-0.25, -0.2) is 0 Å². The van der Waals surface area contributed by atoms with Crippen molar-refractivity contribution in [3.05, 3.63) is 0 Å². The lowest BCUT2D eigenvalue weighted by molar-refractivity contribution is -0.133. The smallest absolute Gasteiger partial charge is 0.224 e. The molecule has 0 spiro atoms. The summed E-state index contributed by atoms with van der Waals surface area (Å²) in [5.41, 5.74) is 0. The van der Waals surface area contributed by atoms with Gasteiger partial charge in [0.1, 0.15) is 6.23 Å². The Labute approximate surface area is 85.1 Å². The Morgan fingerprint density at radius 1 is 1.50 bits per heavy atom. The minimum absolute atomic E-state index is 0.0507. The average molecular weight is 195 g/mol. The molecule has 3 nitrogen and oxygen atoms in total. The fourth-order valence-corrected chi connectivity index (χ4v) is 1.47. The summed E-state index contributed by atoms with van der Waals surface area (Å²) in [4.78, 5) is 12.7. The predicted molar refractivity (Wildman–Crippen MR) is 54.3 cm³/mol. The van der Waals surface area contributed by atoms with Crippen LogP contribution < -0.4 is 0 Å². The number of rotatable bonds is 3. The van der Waals surface area contributed by atoms with Crippen LogP contribution in [0.1, 0.15) is 39.0 Å². The van der Waals surface area contributed by atoms with Gasteiger partial charge in [-0.3, -0.25) is 4.79 Å². The van der Waals surface area contributed by atoms with Crippen LogP contribution in [-0.4, -0.2) is 28.7 Å². The van der Waals surface area contributed by atoms with E-state index in [1.807, 2.05) is 0 Å². The molecule has 0 saturated carbocycles. The van der Waals surface area contributed by atoms with Crippen molar-refractivity contribution in [2.24, 2.45) is 0 Å². The quantitative estimate of drug-likeness (QED) is 0.685. The lowest BCUT2D eigenvalue weighted by Gasteiger charge is -2.18. The van der Waals surface area contributed by atoms with Gasteiger partial charge in [-0.2, -0.15) is 0 Å². The standard InChI is InChI=1S/C11H17NO2/c1-2-3-4-5-6-9-12-10(13)7-8-11(12)14/h10,13H,2-3,6-9H2,1H3. The highest BCUT2D eigenvalue weighted by atomic mass is 16.3. The third-order valence-electron chi connectivity index (χ3n) is 2.27. The van der Waals surface area contributed by atoms with E-state index in [1.54, 1.807) is 0 Å². The molecule has 1 fully saturated rings. The topological polar surface area (TPSA) is 40.5 Å². The molecular weight excluding hydrogens is 178 g/mol. The second-order valence-electron chi connectivity index (χ2n) is 3.46. The number of unbranched alkanes of at least 4 members (excludes halogenated alkanes) is 1. The first-order chi connectivity index (χ1) is 6.75. The summed E-state index contributed by atoms with van der Waals surface area (Å²) in [7, 11) is 0. The summed E-state index contributed by atoms with van der Waals surface area (Å²) < 4.78 is 0. The molecule has 0 aromatic carbocycles. The Hall–Kier alpha value is -1.01. The van der Waals surface area contributed by atoms with E-state index in [2.05, 4.69) is 18.8 Å². The molecule has 78 valence electrons. The van der Waals surface area contributed by atoms with Crippen LogP contribution in [0.2, 0.25) is 0 Å². The fourth-order valence-electron chi connectivity index (χ4n) is 1.47. The number of aliphatic hydroxyl groups is 1. The largest absolute Gasteiger partial charge is 0.374 e. The Morgan fingerprint density at radius 3 is 2.79 bits per heavy atom. The number of carbonyl (C=O) groups excluding carboxylic acids is 1. The molecule has 1 saturated heterocycles. The molecule has 1 aliphatic heterocycles. The zero-order chi connectivity index (χ0) is 10.4. The van der Waals surface area contributed by atoms with Gasteiger partial charge in [0.25, 0.3) is 0 Å². The molecule has 1 rings (SSSR count). The summed E-state index contributed by atoms with van der Waals surface area (Å²) in [5.74, 6) is 6.07. The van der Waals surface area contributed by atoms with Gasteiger partial charge in [0.2, 0.25) is 5.91 Å². The Morgan fingerprint density at radius 2 is 2.21 bits per heavy atom. The van der Waals surface area contributed by atoms with E-state index in [0.717, 1.165) is 12.8 Å². The van der Waals surface area contributed by atoms with Crippen LogP contribution in [0, 0.1) is 11.8 Å². The molecule has 1 atom stereocenters. The molecule has 1 amide bonds. The number of nitrogens with zero attached hydrogens (tertiary/aromatic N) is 1. The van der Waals surface area contributed by atoms with Gasteiger partial charge in [0.05, 0.1) is 0 Å². The first-order valence-electron chi connectivity index (χ1n) is 5.19. The summed E-state index contributed by atoms with van der Waals surface area (Å²) >= 11 is 0. The van der Waals surface area contributed by atoms with Crippen molar-refractivity contribution in [3.8, 4) is 11.8 Å². The Balaban J connectivity index is 2.24. The van der Waals surface area contributed by atoms with Crippen molar-refractivity contribution in [2.75, 3.05) is 6.54 Å². The van der Waals surface area contributed by atoms with Crippen LogP contribution in [-0.2, 0) is 4.79 Å². The second kappa shape index (κ2) is 5.66. The van der Waals surface area contributed by atoms with Gasteiger partial charge in [0, 0.05) is 32.2 Å². The van der Waals surface area contributed by atoms with E-state index in [1.165, 1.54) is 4.90 Å². The summed E-state index contributed by atoms with van der Waals surface area (Å²) in [5, 5.41) is 9.42. The van der Waals surface area contributed by atoms with Gasteiger partial charge >= 0.3 is 0 Å². The zero-order valence-corrected chi connectivity index (χ0v) is 8.62. The molecule has 1 unspecified atom stereocenters. The summed E-state index contributed by atoms with van der Waals surface area (Å²) in [6.45, 7) is 2.65. The van der Waals surface area contributed by atoms with Crippen molar-refractivity contribution < 1.29 is 9.90 Å². The molecule has 1 heterocycles. The molecule has 1 N–H and O–H groups in total.